The van der Waals surface area contributed by atoms with E-state index in [0.717, 1.165) is 42.5 Å². The number of fused-ring (bicyclic) bond motifs is 1. The van der Waals surface area contributed by atoms with Crippen molar-refractivity contribution in [1.29, 1.82) is 0 Å². The quantitative estimate of drug-likeness (QED) is 0.864. The lowest BCUT2D eigenvalue weighted by Gasteiger charge is -2.19. The Kier molecular flexibility index (Phi) is 4.69. The van der Waals surface area contributed by atoms with E-state index in [1.54, 1.807) is 0 Å². The number of hydrogen-bond acceptors (Lipinski definition) is 3. The zero-order valence-electron chi connectivity index (χ0n) is 14.3. The van der Waals surface area contributed by atoms with Crippen molar-refractivity contribution < 1.29 is 14.4 Å². The molecule has 1 heterocycles. The molecule has 1 N–H and O–H groups in total. The molecule has 128 valence electrons. The predicted molar refractivity (Wildman–Crippen MR) is 91.3 cm³/mol. The van der Waals surface area contributed by atoms with E-state index in [0.29, 0.717) is 0 Å². The monoisotopic (exact) mass is 328 g/mol. The van der Waals surface area contributed by atoms with E-state index in [-0.39, 0.29) is 42.5 Å². The molecule has 5 nitrogen and oxygen atoms in total. The minimum Gasteiger partial charge on any atom is -0.326 e. The molecular formula is C19H24N2O3. The highest BCUT2D eigenvalue weighted by Gasteiger charge is 2.47. The van der Waals surface area contributed by atoms with E-state index in [9.17, 15) is 14.4 Å². The number of imide groups is 1. The first-order valence-corrected chi connectivity index (χ1v) is 8.69. The predicted octanol–water partition coefficient (Wildman–Crippen LogP) is 2.81. The number of carbonyl (C=O) groups excluding carboxylic acids is 3. The number of nitrogens with zero attached hydrogens (tertiary/aromatic N) is 1. The number of anilines is 1. The summed E-state index contributed by atoms with van der Waals surface area (Å²) in [5, 5.41) is 2.87. The Balaban J connectivity index is 1.58. The van der Waals surface area contributed by atoms with E-state index in [4.69, 9.17) is 0 Å². The van der Waals surface area contributed by atoms with Gasteiger partial charge in [0.2, 0.25) is 17.7 Å². The molecule has 1 aromatic carbocycles. The second kappa shape index (κ2) is 6.75. The van der Waals surface area contributed by atoms with Crippen LogP contribution in [0.4, 0.5) is 5.69 Å². The Hall–Kier alpha value is -2.17. The third kappa shape index (κ3) is 3.21. The highest BCUT2D eigenvalue weighted by molar-refractivity contribution is 6.05. The van der Waals surface area contributed by atoms with Crippen LogP contribution in [0.1, 0.15) is 43.2 Å². The Morgan fingerprint density at radius 3 is 2.33 bits per heavy atom. The third-order valence-electron chi connectivity index (χ3n) is 5.15. The van der Waals surface area contributed by atoms with Crippen molar-refractivity contribution >= 4 is 23.4 Å². The van der Waals surface area contributed by atoms with Gasteiger partial charge in [-0.15, -0.1) is 0 Å². The maximum absolute atomic E-state index is 12.4. The van der Waals surface area contributed by atoms with Crippen LogP contribution in [-0.2, 0) is 14.4 Å². The number of benzene rings is 1. The molecule has 0 aromatic heterocycles. The summed E-state index contributed by atoms with van der Waals surface area (Å²) in [7, 11) is 0. The van der Waals surface area contributed by atoms with Crippen molar-refractivity contribution in [1.82, 2.24) is 4.90 Å². The molecule has 3 amide bonds. The first-order valence-electron chi connectivity index (χ1n) is 8.69. The van der Waals surface area contributed by atoms with Gasteiger partial charge in [-0.3, -0.25) is 19.3 Å². The van der Waals surface area contributed by atoms with Crippen LogP contribution in [0.25, 0.3) is 0 Å². The Labute approximate surface area is 142 Å². The van der Waals surface area contributed by atoms with Crippen LogP contribution in [0, 0.1) is 25.7 Å². The van der Waals surface area contributed by atoms with Crippen molar-refractivity contribution in [3.63, 3.8) is 0 Å². The molecule has 0 unspecified atom stereocenters. The van der Waals surface area contributed by atoms with E-state index >= 15 is 0 Å². The van der Waals surface area contributed by atoms with E-state index in [2.05, 4.69) is 5.32 Å². The second-order valence-corrected chi connectivity index (χ2v) is 6.94. The molecule has 2 atom stereocenters. The number of likely N-dealkylation sites (tertiary alicyclic amines) is 1. The molecular weight excluding hydrogens is 304 g/mol. The molecule has 24 heavy (non-hydrogen) atoms. The molecule has 2 fully saturated rings. The molecule has 1 aliphatic carbocycles. The Morgan fingerprint density at radius 2 is 1.75 bits per heavy atom. The highest BCUT2D eigenvalue weighted by Crippen LogP contribution is 2.37. The number of rotatable bonds is 4. The SMILES string of the molecule is Cc1ccc(NC(=O)CCN2C(=O)[C@H]3CCCC[C@@H]3C2=O)c(C)c1. The first-order chi connectivity index (χ1) is 11.5. The van der Waals surface area contributed by atoms with E-state index < -0.39 is 0 Å². The Bertz CT molecular complexity index is 659. The molecule has 0 bridgehead atoms. The van der Waals surface area contributed by atoms with Crippen LogP contribution >= 0.6 is 0 Å². The average Bonchev–Trinajstić information content (AvgIpc) is 2.80. The average molecular weight is 328 g/mol. The zero-order valence-corrected chi connectivity index (χ0v) is 14.3. The van der Waals surface area contributed by atoms with Gasteiger partial charge in [-0.25, -0.2) is 0 Å². The smallest absolute Gasteiger partial charge is 0.233 e. The fraction of sp³-hybridized carbons (Fsp3) is 0.526. The van der Waals surface area contributed by atoms with Crippen LogP contribution in [0.5, 0.6) is 0 Å². The summed E-state index contributed by atoms with van der Waals surface area (Å²) in [5.74, 6) is -0.618. The van der Waals surface area contributed by atoms with E-state index in [1.807, 2.05) is 32.0 Å². The van der Waals surface area contributed by atoms with Crippen LogP contribution in [0.2, 0.25) is 0 Å². The van der Waals surface area contributed by atoms with Gasteiger partial charge in [0, 0.05) is 18.7 Å². The van der Waals surface area contributed by atoms with Crippen LogP contribution < -0.4 is 5.32 Å². The molecule has 5 heteroatoms. The molecule has 0 radical (unpaired) electrons. The molecule has 0 spiro atoms. The largest absolute Gasteiger partial charge is 0.326 e. The summed E-state index contributed by atoms with van der Waals surface area (Å²) in [6.45, 7) is 4.13. The van der Waals surface area contributed by atoms with Crippen LogP contribution in [0.3, 0.4) is 0 Å². The number of aryl methyl sites for hydroxylation is 2. The molecule has 3 rings (SSSR count). The van der Waals surface area contributed by atoms with Gasteiger partial charge in [-0.2, -0.15) is 0 Å². The first kappa shape index (κ1) is 16.7. The van der Waals surface area contributed by atoms with Gasteiger partial charge >= 0.3 is 0 Å². The lowest BCUT2D eigenvalue weighted by Crippen LogP contribution is -2.34. The summed E-state index contributed by atoms with van der Waals surface area (Å²) in [5.41, 5.74) is 2.92. The third-order valence-corrected chi connectivity index (χ3v) is 5.15. The van der Waals surface area contributed by atoms with Gasteiger partial charge in [0.05, 0.1) is 11.8 Å². The van der Waals surface area contributed by atoms with Gasteiger partial charge in [0.1, 0.15) is 0 Å². The van der Waals surface area contributed by atoms with Gasteiger partial charge in [0.15, 0.2) is 0 Å². The number of nitrogens with one attached hydrogen (secondary N) is 1. The van der Waals surface area contributed by atoms with Gasteiger partial charge < -0.3 is 5.32 Å². The maximum Gasteiger partial charge on any atom is 0.233 e. The lowest BCUT2D eigenvalue weighted by molar-refractivity contribution is -0.140. The van der Waals surface area contributed by atoms with Crippen LogP contribution in [-0.4, -0.2) is 29.2 Å². The molecule has 1 saturated heterocycles. The summed E-state index contributed by atoms with van der Waals surface area (Å²) < 4.78 is 0. The lowest BCUT2D eigenvalue weighted by atomic mass is 9.81. The van der Waals surface area contributed by atoms with Gasteiger partial charge in [-0.1, -0.05) is 30.5 Å². The summed E-state index contributed by atoms with van der Waals surface area (Å²) in [4.78, 5) is 38.3. The normalized spacial score (nSPS) is 23.3. The van der Waals surface area contributed by atoms with Crippen LogP contribution in [0.15, 0.2) is 18.2 Å². The standard InChI is InChI=1S/C19H24N2O3/c1-12-7-8-16(13(2)11-12)20-17(22)9-10-21-18(23)14-5-3-4-6-15(14)19(21)24/h7-8,11,14-15H,3-6,9-10H2,1-2H3,(H,20,22)/t14-,15-/m0/s1. The number of carbonyl (C=O) groups is 3. The summed E-state index contributed by atoms with van der Waals surface area (Å²) >= 11 is 0. The fourth-order valence-corrected chi connectivity index (χ4v) is 3.83. The summed E-state index contributed by atoms with van der Waals surface area (Å²) in [6, 6.07) is 5.83. The minimum atomic E-state index is -0.169. The van der Waals surface area contributed by atoms with E-state index in [1.165, 1.54) is 4.90 Å². The van der Waals surface area contributed by atoms with Crippen molar-refractivity contribution in [3.8, 4) is 0 Å². The zero-order chi connectivity index (χ0) is 17.3. The number of hydrogen-bond donors (Lipinski definition) is 1. The molecule has 1 aromatic rings. The van der Waals surface area contributed by atoms with Gasteiger partial charge in [-0.05, 0) is 38.3 Å². The maximum atomic E-state index is 12.4. The van der Waals surface area contributed by atoms with Crippen molar-refractivity contribution in [3.05, 3.63) is 29.3 Å². The van der Waals surface area contributed by atoms with Crippen molar-refractivity contribution in [2.75, 3.05) is 11.9 Å². The van der Waals surface area contributed by atoms with Gasteiger partial charge in [0.25, 0.3) is 0 Å². The van der Waals surface area contributed by atoms with Crippen molar-refractivity contribution in [2.24, 2.45) is 11.8 Å². The topological polar surface area (TPSA) is 66.5 Å². The number of amides is 3. The molecule has 1 saturated carbocycles. The van der Waals surface area contributed by atoms with Crippen molar-refractivity contribution in [2.45, 2.75) is 46.0 Å². The highest BCUT2D eigenvalue weighted by atomic mass is 16.2. The molecule has 1 aliphatic heterocycles. The minimum absolute atomic E-state index is 0.0796. The Morgan fingerprint density at radius 1 is 1.12 bits per heavy atom. The second-order valence-electron chi connectivity index (χ2n) is 6.94. The molecule has 2 aliphatic rings. The summed E-state index contributed by atoms with van der Waals surface area (Å²) in [6.07, 6.45) is 3.79. The fourth-order valence-electron chi connectivity index (χ4n) is 3.83.